The summed E-state index contributed by atoms with van der Waals surface area (Å²) in [4.78, 5) is 23.4. The van der Waals surface area contributed by atoms with Crippen molar-refractivity contribution in [2.45, 2.75) is 45.4 Å². The molecule has 3 heteroatoms. The van der Waals surface area contributed by atoms with Crippen molar-refractivity contribution in [3.05, 3.63) is 41.5 Å². The van der Waals surface area contributed by atoms with E-state index in [1.54, 1.807) is 6.07 Å². The van der Waals surface area contributed by atoms with E-state index >= 15 is 0 Å². The molecule has 3 rings (SSSR count). The molecule has 0 aromatic heterocycles. The molecule has 0 unspecified atom stereocenters. The van der Waals surface area contributed by atoms with Crippen LogP contribution in [0, 0.1) is 5.41 Å². The van der Waals surface area contributed by atoms with Gasteiger partial charge < -0.3 is 5.11 Å². The Hall–Kier alpha value is -2.16. The first-order valence-corrected chi connectivity index (χ1v) is 8.27. The molecule has 1 saturated carbocycles. The number of hydrogen-bond acceptors (Lipinski definition) is 3. The lowest BCUT2D eigenvalue weighted by Crippen LogP contribution is -2.24. The second-order valence-corrected chi connectivity index (χ2v) is 7.00. The standard InChI is InChI=1S/C20H22O3/c1-20(9-5-2-6-10-20)12-16-17(22)11-14-7-3-4-8-15(14)19(16)18(23)13-21/h3-4,7-8,11,13,22H,2,5-6,9-10,12H2,1H3. The summed E-state index contributed by atoms with van der Waals surface area (Å²) in [5, 5.41) is 12.0. The number of Topliss-reactive ketones (excluding diaryl/α,β-unsaturated/α-hetero) is 1. The normalized spacial score (nSPS) is 17.1. The fourth-order valence-corrected chi connectivity index (χ4v) is 3.90. The number of carbonyl (C=O) groups excluding carboxylic acids is 2. The zero-order valence-electron chi connectivity index (χ0n) is 13.5. The number of ketones is 1. The number of carbonyl (C=O) groups is 2. The monoisotopic (exact) mass is 310 g/mol. The first kappa shape index (κ1) is 15.7. The minimum atomic E-state index is -0.550. The van der Waals surface area contributed by atoms with Crippen molar-refractivity contribution in [1.29, 1.82) is 0 Å². The van der Waals surface area contributed by atoms with Crippen LogP contribution in [0.1, 0.15) is 54.9 Å². The zero-order chi connectivity index (χ0) is 16.4. The molecule has 0 aliphatic heterocycles. The first-order chi connectivity index (χ1) is 11.0. The van der Waals surface area contributed by atoms with Crippen molar-refractivity contribution in [3.63, 3.8) is 0 Å². The fraction of sp³-hybridized carbons (Fsp3) is 0.400. The Bertz CT molecular complexity index is 755. The molecule has 1 aliphatic carbocycles. The smallest absolute Gasteiger partial charge is 0.226 e. The van der Waals surface area contributed by atoms with E-state index in [2.05, 4.69) is 6.92 Å². The summed E-state index contributed by atoms with van der Waals surface area (Å²) in [6.07, 6.45) is 6.79. The van der Waals surface area contributed by atoms with Gasteiger partial charge in [-0.15, -0.1) is 0 Å². The van der Waals surface area contributed by atoms with Gasteiger partial charge >= 0.3 is 0 Å². The first-order valence-electron chi connectivity index (χ1n) is 8.27. The van der Waals surface area contributed by atoms with E-state index in [-0.39, 0.29) is 11.2 Å². The number of rotatable bonds is 4. The van der Waals surface area contributed by atoms with E-state index in [9.17, 15) is 14.7 Å². The molecule has 1 N–H and O–H groups in total. The SMILES string of the molecule is CC1(Cc2c(O)cc3ccccc3c2C(=O)C=O)CCCCC1. The van der Waals surface area contributed by atoms with Gasteiger partial charge in [-0.05, 0) is 41.5 Å². The second kappa shape index (κ2) is 6.15. The summed E-state index contributed by atoms with van der Waals surface area (Å²) < 4.78 is 0. The molecule has 0 atom stereocenters. The van der Waals surface area contributed by atoms with Crippen LogP contribution in [0.15, 0.2) is 30.3 Å². The number of fused-ring (bicyclic) bond motifs is 1. The van der Waals surface area contributed by atoms with Gasteiger partial charge in [-0.3, -0.25) is 9.59 Å². The number of benzene rings is 2. The zero-order valence-corrected chi connectivity index (χ0v) is 13.5. The van der Waals surface area contributed by atoms with Gasteiger partial charge in [-0.1, -0.05) is 50.5 Å². The molecule has 1 aliphatic rings. The van der Waals surface area contributed by atoms with Crippen LogP contribution in [0.25, 0.3) is 10.8 Å². The van der Waals surface area contributed by atoms with Crippen molar-refractivity contribution in [1.82, 2.24) is 0 Å². The molecule has 0 amide bonds. The molecule has 2 aromatic rings. The Morgan fingerprint density at radius 2 is 1.91 bits per heavy atom. The van der Waals surface area contributed by atoms with Crippen LogP contribution < -0.4 is 0 Å². The number of aldehydes is 1. The van der Waals surface area contributed by atoms with Crippen LogP contribution in [0.3, 0.4) is 0 Å². The Labute approximate surface area is 136 Å². The predicted octanol–water partition coefficient (Wildman–Crippen LogP) is 4.44. The van der Waals surface area contributed by atoms with E-state index in [0.717, 1.165) is 23.6 Å². The van der Waals surface area contributed by atoms with Crippen LogP contribution >= 0.6 is 0 Å². The Balaban J connectivity index is 2.16. The molecule has 0 bridgehead atoms. The summed E-state index contributed by atoms with van der Waals surface area (Å²) in [5.74, 6) is -0.424. The molecule has 0 radical (unpaired) electrons. The van der Waals surface area contributed by atoms with Crippen molar-refractivity contribution >= 4 is 22.8 Å². The summed E-state index contributed by atoms with van der Waals surface area (Å²) in [6.45, 7) is 2.22. The van der Waals surface area contributed by atoms with Crippen LogP contribution in [-0.4, -0.2) is 17.2 Å². The van der Waals surface area contributed by atoms with Crippen molar-refractivity contribution in [3.8, 4) is 5.75 Å². The highest BCUT2D eigenvalue weighted by atomic mass is 16.3. The molecule has 120 valence electrons. The number of hydrogen-bond donors (Lipinski definition) is 1. The van der Waals surface area contributed by atoms with Crippen LogP contribution in [0.5, 0.6) is 5.75 Å². The molecule has 0 spiro atoms. The van der Waals surface area contributed by atoms with Gasteiger partial charge in [-0.2, -0.15) is 0 Å². The Morgan fingerprint density at radius 1 is 1.22 bits per heavy atom. The molecular weight excluding hydrogens is 288 g/mol. The molecule has 0 heterocycles. The summed E-state index contributed by atoms with van der Waals surface area (Å²) >= 11 is 0. The van der Waals surface area contributed by atoms with Crippen molar-refractivity contribution < 1.29 is 14.7 Å². The summed E-state index contributed by atoms with van der Waals surface area (Å²) in [7, 11) is 0. The van der Waals surface area contributed by atoms with Crippen LogP contribution in [0.2, 0.25) is 0 Å². The predicted molar refractivity (Wildman–Crippen MR) is 90.9 cm³/mol. The lowest BCUT2D eigenvalue weighted by Gasteiger charge is -2.34. The number of aromatic hydroxyl groups is 1. The van der Waals surface area contributed by atoms with E-state index in [1.165, 1.54) is 19.3 Å². The van der Waals surface area contributed by atoms with Crippen molar-refractivity contribution in [2.75, 3.05) is 0 Å². The number of phenolic OH excluding ortho intramolecular Hbond substituents is 1. The summed E-state index contributed by atoms with van der Waals surface area (Å²) in [6, 6.07) is 9.12. The maximum atomic E-state index is 12.3. The third-order valence-corrected chi connectivity index (χ3v) is 5.15. The second-order valence-electron chi connectivity index (χ2n) is 7.00. The third-order valence-electron chi connectivity index (χ3n) is 5.15. The minimum Gasteiger partial charge on any atom is -0.508 e. The van der Waals surface area contributed by atoms with Gasteiger partial charge in [0, 0.05) is 11.1 Å². The van der Waals surface area contributed by atoms with Gasteiger partial charge in [0.25, 0.3) is 0 Å². The molecule has 23 heavy (non-hydrogen) atoms. The highest BCUT2D eigenvalue weighted by Gasteiger charge is 2.30. The highest BCUT2D eigenvalue weighted by molar-refractivity contribution is 6.37. The van der Waals surface area contributed by atoms with Gasteiger partial charge in [0.05, 0.1) is 0 Å². The minimum absolute atomic E-state index is 0.0795. The molecule has 1 fully saturated rings. The van der Waals surface area contributed by atoms with E-state index in [4.69, 9.17) is 0 Å². The van der Waals surface area contributed by atoms with Gasteiger partial charge in [0.2, 0.25) is 5.78 Å². The molecule has 3 nitrogen and oxygen atoms in total. The largest absolute Gasteiger partial charge is 0.508 e. The van der Waals surface area contributed by atoms with Gasteiger partial charge in [0.1, 0.15) is 5.75 Å². The topological polar surface area (TPSA) is 54.4 Å². The van der Waals surface area contributed by atoms with Crippen LogP contribution in [0.4, 0.5) is 0 Å². The van der Waals surface area contributed by atoms with E-state index < -0.39 is 5.78 Å². The maximum absolute atomic E-state index is 12.3. The molecular formula is C20H22O3. The Morgan fingerprint density at radius 3 is 2.61 bits per heavy atom. The Kier molecular flexibility index (Phi) is 4.20. The average molecular weight is 310 g/mol. The van der Waals surface area contributed by atoms with Crippen LogP contribution in [-0.2, 0) is 11.2 Å². The molecule has 0 saturated heterocycles. The average Bonchev–Trinajstić information content (AvgIpc) is 2.55. The van der Waals surface area contributed by atoms with E-state index in [0.29, 0.717) is 23.8 Å². The highest BCUT2D eigenvalue weighted by Crippen LogP contribution is 2.42. The summed E-state index contributed by atoms with van der Waals surface area (Å²) in [5.41, 5.74) is 1.09. The van der Waals surface area contributed by atoms with Gasteiger partial charge in [0.15, 0.2) is 6.29 Å². The quantitative estimate of drug-likeness (QED) is 0.516. The van der Waals surface area contributed by atoms with Crippen molar-refractivity contribution in [2.24, 2.45) is 5.41 Å². The third kappa shape index (κ3) is 3.00. The fourth-order valence-electron chi connectivity index (χ4n) is 3.90. The van der Waals surface area contributed by atoms with Gasteiger partial charge in [-0.25, -0.2) is 0 Å². The maximum Gasteiger partial charge on any atom is 0.226 e. The molecule has 2 aromatic carbocycles. The van der Waals surface area contributed by atoms with E-state index in [1.807, 2.05) is 24.3 Å². The lowest BCUT2D eigenvalue weighted by molar-refractivity contribution is -0.104. The number of phenols is 1. The lowest BCUT2D eigenvalue weighted by atomic mass is 9.71.